The van der Waals surface area contributed by atoms with E-state index in [1.165, 1.54) is 9.80 Å². The Hall–Kier alpha value is -2.74. The molecular weight excluding hydrogens is 418 g/mol. The number of aromatic nitrogens is 1. The quantitative estimate of drug-likeness (QED) is 0.395. The summed E-state index contributed by atoms with van der Waals surface area (Å²) in [7, 11) is 0. The van der Waals surface area contributed by atoms with Gasteiger partial charge in [0.05, 0.1) is 25.8 Å². The number of hydrogen-bond donors (Lipinski definition) is 1. The minimum absolute atomic E-state index is 0.0287. The van der Waals surface area contributed by atoms with Gasteiger partial charge in [0.25, 0.3) is 5.91 Å². The summed E-state index contributed by atoms with van der Waals surface area (Å²) in [5.41, 5.74) is 0.950. The highest BCUT2D eigenvalue weighted by Gasteiger charge is 2.44. The molecule has 31 heavy (non-hydrogen) atoms. The lowest BCUT2D eigenvalue weighted by Crippen LogP contribution is -3.14. The molecule has 2 aliphatic rings. The number of benzene rings is 1. The van der Waals surface area contributed by atoms with Gasteiger partial charge in [-0.2, -0.15) is 0 Å². The summed E-state index contributed by atoms with van der Waals surface area (Å²) in [6.07, 6.45) is 3.95. The summed E-state index contributed by atoms with van der Waals surface area (Å²) in [5, 5.41) is 13.7. The minimum atomic E-state index is -0.743. The first-order valence-corrected chi connectivity index (χ1v) is 10.8. The van der Waals surface area contributed by atoms with Crippen LogP contribution in [0.5, 0.6) is 0 Å². The van der Waals surface area contributed by atoms with Crippen molar-refractivity contribution in [3.63, 3.8) is 0 Å². The summed E-state index contributed by atoms with van der Waals surface area (Å²) in [4.78, 5) is 32.9. The number of quaternary nitrogens is 1. The third-order valence-corrected chi connectivity index (χ3v) is 6.02. The molecule has 0 radical (unpaired) electrons. The standard InChI is InChI=1S/C23H24ClN3O4/c24-18-6-4-16(5-7-18)21(28)19-20(17-3-1-8-25-15-17)27(23(30)22(19)29)10-2-9-26-11-13-31-14-12-26/h1,3-8,15,20,28H,2,9-14H2. The molecule has 162 valence electrons. The van der Waals surface area contributed by atoms with E-state index in [0.717, 1.165) is 39.3 Å². The molecule has 1 aromatic carbocycles. The van der Waals surface area contributed by atoms with E-state index in [2.05, 4.69) is 4.98 Å². The van der Waals surface area contributed by atoms with E-state index in [1.807, 2.05) is 0 Å². The molecule has 1 unspecified atom stereocenters. The molecule has 1 atom stereocenters. The molecule has 8 heteroatoms. The largest absolute Gasteiger partial charge is 0.872 e. The van der Waals surface area contributed by atoms with Gasteiger partial charge in [-0.15, -0.1) is 0 Å². The maximum atomic E-state index is 13.2. The summed E-state index contributed by atoms with van der Waals surface area (Å²) in [6, 6.07) is 9.12. The second-order valence-corrected chi connectivity index (χ2v) is 8.17. The Morgan fingerprint density at radius 1 is 1.19 bits per heavy atom. The zero-order valence-electron chi connectivity index (χ0n) is 17.1. The summed E-state index contributed by atoms with van der Waals surface area (Å²) >= 11 is 5.93. The predicted molar refractivity (Wildman–Crippen MR) is 113 cm³/mol. The molecule has 2 aromatic rings. The maximum absolute atomic E-state index is 13.2. The van der Waals surface area contributed by atoms with E-state index in [9.17, 15) is 14.7 Å². The van der Waals surface area contributed by atoms with E-state index in [1.54, 1.807) is 48.8 Å². The topological polar surface area (TPSA) is 87.0 Å². The van der Waals surface area contributed by atoms with Crippen LogP contribution in [0.4, 0.5) is 0 Å². The zero-order chi connectivity index (χ0) is 21.8. The molecule has 0 bridgehead atoms. The molecule has 2 fully saturated rings. The van der Waals surface area contributed by atoms with E-state index in [-0.39, 0.29) is 5.57 Å². The number of nitrogens with one attached hydrogen (secondary N) is 1. The molecular formula is C23H24ClN3O4. The van der Waals surface area contributed by atoms with Crippen LogP contribution in [0.1, 0.15) is 23.6 Å². The van der Waals surface area contributed by atoms with Gasteiger partial charge in [0.15, 0.2) is 0 Å². The molecule has 0 aliphatic carbocycles. The van der Waals surface area contributed by atoms with Crippen LogP contribution in [-0.2, 0) is 14.3 Å². The fourth-order valence-corrected chi connectivity index (χ4v) is 4.28. The van der Waals surface area contributed by atoms with Gasteiger partial charge < -0.3 is 19.6 Å². The van der Waals surface area contributed by atoms with Gasteiger partial charge in [0.1, 0.15) is 13.1 Å². The molecule has 7 nitrogen and oxygen atoms in total. The first-order valence-electron chi connectivity index (χ1n) is 10.4. The van der Waals surface area contributed by atoms with Crippen LogP contribution in [0.3, 0.4) is 0 Å². The van der Waals surface area contributed by atoms with Gasteiger partial charge in [0, 0.05) is 36.0 Å². The molecule has 0 saturated carbocycles. The monoisotopic (exact) mass is 441 g/mol. The maximum Gasteiger partial charge on any atom is 0.295 e. The van der Waals surface area contributed by atoms with E-state index >= 15 is 0 Å². The molecule has 3 heterocycles. The van der Waals surface area contributed by atoms with Crippen molar-refractivity contribution < 1.29 is 24.3 Å². The van der Waals surface area contributed by atoms with Crippen LogP contribution in [0, 0.1) is 0 Å². The lowest BCUT2D eigenvalue weighted by Gasteiger charge is -2.28. The fraction of sp³-hybridized carbons (Fsp3) is 0.348. The number of morpholine rings is 1. The molecule has 1 N–H and O–H groups in total. The second-order valence-electron chi connectivity index (χ2n) is 7.73. The lowest BCUT2D eigenvalue weighted by atomic mass is 9.96. The first kappa shape index (κ1) is 21.5. The van der Waals surface area contributed by atoms with Gasteiger partial charge in [-0.05, 0) is 29.3 Å². The average molecular weight is 442 g/mol. The number of ketones is 1. The summed E-state index contributed by atoms with van der Waals surface area (Å²) < 4.78 is 5.39. The highest BCUT2D eigenvalue weighted by atomic mass is 35.5. The van der Waals surface area contributed by atoms with Crippen molar-refractivity contribution >= 4 is 29.1 Å². The number of carbonyl (C=O) groups is 2. The third kappa shape index (κ3) is 4.63. The molecule has 2 saturated heterocycles. The van der Waals surface area contributed by atoms with E-state index in [0.29, 0.717) is 22.7 Å². The van der Waals surface area contributed by atoms with Gasteiger partial charge in [-0.1, -0.05) is 35.6 Å². The van der Waals surface area contributed by atoms with E-state index < -0.39 is 23.5 Å². The van der Waals surface area contributed by atoms with Crippen molar-refractivity contribution in [2.45, 2.75) is 12.5 Å². The van der Waals surface area contributed by atoms with Crippen molar-refractivity contribution in [2.24, 2.45) is 0 Å². The van der Waals surface area contributed by atoms with Crippen LogP contribution in [0.15, 0.2) is 54.4 Å². The van der Waals surface area contributed by atoms with Gasteiger partial charge in [0.2, 0.25) is 5.78 Å². The fourth-order valence-electron chi connectivity index (χ4n) is 4.15. The van der Waals surface area contributed by atoms with Gasteiger partial charge in [-0.25, -0.2) is 0 Å². The highest BCUT2D eigenvalue weighted by molar-refractivity contribution is 6.46. The third-order valence-electron chi connectivity index (χ3n) is 5.77. The van der Waals surface area contributed by atoms with Crippen molar-refractivity contribution in [2.75, 3.05) is 39.4 Å². The average Bonchev–Trinajstić information content (AvgIpc) is 3.05. The molecule has 1 amide bonds. The highest BCUT2D eigenvalue weighted by Crippen LogP contribution is 2.38. The second kappa shape index (κ2) is 9.60. The van der Waals surface area contributed by atoms with Crippen LogP contribution in [0.2, 0.25) is 5.02 Å². The predicted octanol–water partition coefficient (Wildman–Crippen LogP) is 0.264. The molecule has 1 aromatic heterocycles. The number of hydrogen-bond acceptors (Lipinski definition) is 5. The van der Waals surface area contributed by atoms with Crippen LogP contribution >= 0.6 is 11.6 Å². The number of nitrogens with zero attached hydrogens (tertiary/aromatic N) is 2. The van der Waals surface area contributed by atoms with Crippen molar-refractivity contribution in [1.29, 1.82) is 0 Å². The number of pyridine rings is 1. The van der Waals surface area contributed by atoms with Crippen LogP contribution in [0.25, 0.3) is 5.76 Å². The Balaban J connectivity index is 1.64. The Labute approximate surface area is 185 Å². The number of Topliss-reactive ketones (excluding diaryl/α,β-unsaturated/α-hetero) is 1. The van der Waals surface area contributed by atoms with E-state index in [4.69, 9.17) is 16.3 Å². The van der Waals surface area contributed by atoms with Crippen molar-refractivity contribution in [1.82, 2.24) is 9.88 Å². The molecule has 2 aliphatic heterocycles. The number of amides is 1. The smallest absolute Gasteiger partial charge is 0.295 e. The van der Waals surface area contributed by atoms with Crippen LogP contribution in [-0.4, -0.2) is 61.0 Å². The van der Waals surface area contributed by atoms with Crippen molar-refractivity contribution in [3.8, 4) is 0 Å². The lowest BCUT2D eigenvalue weighted by molar-refractivity contribution is -0.908. The zero-order valence-corrected chi connectivity index (χ0v) is 17.8. The summed E-state index contributed by atoms with van der Waals surface area (Å²) in [5.74, 6) is -1.83. The molecule has 4 rings (SSSR count). The Morgan fingerprint density at radius 2 is 1.94 bits per heavy atom. The number of likely N-dealkylation sites (tertiary alicyclic amines) is 1. The summed E-state index contributed by atoms with van der Waals surface area (Å²) in [6.45, 7) is 4.62. The minimum Gasteiger partial charge on any atom is -0.872 e. The van der Waals surface area contributed by atoms with Gasteiger partial charge in [-0.3, -0.25) is 14.6 Å². The van der Waals surface area contributed by atoms with Crippen LogP contribution < -0.4 is 10.0 Å². The SMILES string of the molecule is O=C1C(=O)N(CCC[NH+]2CCOCC2)C(c2cccnc2)C1=C([O-])c1ccc(Cl)cc1. The first-order chi connectivity index (χ1) is 15.1. The van der Waals surface area contributed by atoms with Gasteiger partial charge >= 0.3 is 0 Å². The van der Waals surface area contributed by atoms with Crippen molar-refractivity contribution in [3.05, 3.63) is 70.5 Å². The normalized spacial score (nSPS) is 21.6. The number of halogens is 1. The number of carbonyl (C=O) groups excluding carboxylic acids is 2. The Morgan fingerprint density at radius 3 is 2.61 bits per heavy atom. The Kier molecular flexibility index (Phi) is 6.65. The number of ether oxygens (including phenoxy) is 1. The molecule has 0 spiro atoms. The Bertz CT molecular complexity index is 972. The number of rotatable bonds is 6.